The van der Waals surface area contributed by atoms with Crippen molar-refractivity contribution in [3.8, 4) is 11.5 Å². The van der Waals surface area contributed by atoms with Crippen LogP contribution in [0, 0.1) is 0 Å². The van der Waals surface area contributed by atoms with Crippen molar-refractivity contribution in [1.29, 1.82) is 0 Å². The molecular weight excluding hydrogens is 184 g/mol. The van der Waals surface area contributed by atoms with Crippen molar-refractivity contribution in [2.75, 3.05) is 6.61 Å². The van der Waals surface area contributed by atoms with Crippen LogP contribution in [0.5, 0.6) is 11.5 Å². The van der Waals surface area contributed by atoms with E-state index in [9.17, 15) is 10.2 Å². The first-order chi connectivity index (χ1) is 6.72. The maximum atomic E-state index is 9.27. The van der Waals surface area contributed by atoms with Gasteiger partial charge in [-0.25, -0.2) is 4.98 Å². The number of phenolic OH excluding ortho intramolecular Hbond substituents is 2. The van der Waals surface area contributed by atoms with Gasteiger partial charge in [0.05, 0.1) is 24.0 Å². The van der Waals surface area contributed by atoms with E-state index in [-0.39, 0.29) is 18.1 Å². The molecule has 0 aliphatic rings. The van der Waals surface area contributed by atoms with Gasteiger partial charge < -0.3 is 19.9 Å². The lowest BCUT2D eigenvalue weighted by atomic mass is 10.2. The molecule has 0 aliphatic carbocycles. The van der Waals surface area contributed by atoms with Crippen LogP contribution in [0.1, 0.15) is 0 Å². The van der Waals surface area contributed by atoms with Gasteiger partial charge in [0.15, 0.2) is 11.5 Å². The van der Waals surface area contributed by atoms with E-state index in [1.54, 1.807) is 10.9 Å². The summed E-state index contributed by atoms with van der Waals surface area (Å²) in [6.07, 6.45) is 1.56. The molecule has 0 unspecified atom stereocenters. The van der Waals surface area contributed by atoms with Crippen LogP contribution in [0.15, 0.2) is 18.5 Å². The quantitative estimate of drug-likeness (QED) is 0.606. The maximum absolute atomic E-state index is 9.27. The standard InChI is InChI=1S/C9H10N2O3/c12-2-1-11-5-10-6-3-8(13)9(14)4-7(6)11/h3-5,12-14H,1-2H2. The van der Waals surface area contributed by atoms with Gasteiger partial charge in [0.1, 0.15) is 0 Å². The summed E-state index contributed by atoms with van der Waals surface area (Å²) < 4.78 is 1.70. The number of fused-ring (bicyclic) bond motifs is 1. The molecule has 0 saturated heterocycles. The van der Waals surface area contributed by atoms with E-state index in [4.69, 9.17) is 5.11 Å². The Labute approximate surface area is 79.9 Å². The Balaban J connectivity index is 2.61. The minimum atomic E-state index is -0.188. The van der Waals surface area contributed by atoms with Crippen molar-refractivity contribution in [3.05, 3.63) is 18.5 Å². The fourth-order valence-corrected chi connectivity index (χ4v) is 1.37. The van der Waals surface area contributed by atoms with E-state index < -0.39 is 0 Å². The summed E-state index contributed by atoms with van der Waals surface area (Å²) in [7, 11) is 0. The number of benzene rings is 1. The molecule has 1 aromatic heterocycles. The van der Waals surface area contributed by atoms with Crippen LogP contribution in [0.2, 0.25) is 0 Å². The summed E-state index contributed by atoms with van der Waals surface area (Å²) in [6.45, 7) is 0.424. The smallest absolute Gasteiger partial charge is 0.159 e. The molecule has 0 aliphatic heterocycles. The van der Waals surface area contributed by atoms with Gasteiger partial charge in [-0.3, -0.25) is 0 Å². The number of imidazole rings is 1. The largest absolute Gasteiger partial charge is 0.504 e. The Morgan fingerprint density at radius 1 is 1.21 bits per heavy atom. The molecule has 0 fully saturated rings. The Morgan fingerprint density at radius 3 is 2.64 bits per heavy atom. The summed E-state index contributed by atoms with van der Waals surface area (Å²) in [6, 6.07) is 2.81. The summed E-state index contributed by atoms with van der Waals surface area (Å²) in [4.78, 5) is 4.02. The Bertz CT molecular complexity index is 464. The molecule has 0 atom stereocenters. The Hall–Kier alpha value is -1.75. The molecule has 0 spiro atoms. The van der Waals surface area contributed by atoms with Gasteiger partial charge in [0.25, 0.3) is 0 Å². The maximum Gasteiger partial charge on any atom is 0.159 e. The van der Waals surface area contributed by atoms with Gasteiger partial charge in [-0.2, -0.15) is 0 Å². The van der Waals surface area contributed by atoms with Gasteiger partial charge >= 0.3 is 0 Å². The molecule has 0 bridgehead atoms. The van der Waals surface area contributed by atoms with Crippen LogP contribution in [0.4, 0.5) is 0 Å². The lowest BCUT2D eigenvalue weighted by Crippen LogP contribution is -1.99. The average Bonchev–Trinajstić information content (AvgIpc) is 2.51. The average molecular weight is 194 g/mol. The number of nitrogens with zero attached hydrogens (tertiary/aromatic N) is 2. The lowest BCUT2D eigenvalue weighted by molar-refractivity contribution is 0.277. The van der Waals surface area contributed by atoms with Crippen molar-refractivity contribution < 1.29 is 15.3 Å². The van der Waals surface area contributed by atoms with Crippen LogP contribution in [-0.4, -0.2) is 31.5 Å². The van der Waals surface area contributed by atoms with Crippen molar-refractivity contribution in [3.63, 3.8) is 0 Å². The van der Waals surface area contributed by atoms with Crippen LogP contribution < -0.4 is 0 Å². The third kappa shape index (κ3) is 1.27. The van der Waals surface area contributed by atoms with Crippen molar-refractivity contribution >= 4 is 11.0 Å². The Morgan fingerprint density at radius 2 is 1.93 bits per heavy atom. The molecule has 1 heterocycles. The van der Waals surface area contributed by atoms with Crippen LogP contribution >= 0.6 is 0 Å². The topological polar surface area (TPSA) is 78.5 Å². The number of rotatable bonds is 2. The molecule has 5 nitrogen and oxygen atoms in total. The van der Waals surface area contributed by atoms with E-state index in [1.165, 1.54) is 12.1 Å². The minimum Gasteiger partial charge on any atom is -0.504 e. The zero-order chi connectivity index (χ0) is 10.1. The highest BCUT2D eigenvalue weighted by atomic mass is 16.3. The van der Waals surface area contributed by atoms with E-state index >= 15 is 0 Å². The molecular formula is C9H10N2O3. The second-order valence-electron chi connectivity index (χ2n) is 2.99. The zero-order valence-corrected chi connectivity index (χ0v) is 7.38. The van der Waals surface area contributed by atoms with E-state index in [0.29, 0.717) is 17.6 Å². The van der Waals surface area contributed by atoms with Crippen LogP contribution in [-0.2, 0) is 6.54 Å². The van der Waals surface area contributed by atoms with E-state index in [0.717, 1.165) is 0 Å². The lowest BCUT2D eigenvalue weighted by Gasteiger charge is -2.01. The number of hydrogen-bond acceptors (Lipinski definition) is 4. The highest BCUT2D eigenvalue weighted by molar-refractivity contribution is 5.79. The number of phenols is 2. The Kier molecular flexibility index (Phi) is 2.01. The molecule has 2 aromatic rings. The second kappa shape index (κ2) is 3.19. The van der Waals surface area contributed by atoms with Gasteiger partial charge in [-0.1, -0.05) is 0 Å². The second-order valence-corrected chi connectivity index (χ2v) is 2.99. The molecule has 2 rings (SSSR count). The summed E-state index contributed by atoms with van der Waals surface area (Å²) >= 11 is 0. The predicted octanol–water partition coefficient (Wildman–Crippen LogP) is 0.440. The number of hydrogen-bond donors (Lipinski definition) is 3. The summed E-state index contributed by atoms with van der Waals surface area (Å²) in [5.41, 5.74) is 1.28. The fraction of sp³-hybridized carbons (Fsp3) is 0.222. The third-order valence-electron chi connectivity index (χ3n) is 2.06. The summed E-state index contributed by atoms with van der Waals surface area (Å²) in [5.74, 6) is -0.371. The zero-order valence-electron chi connectivity index (χ0n) is 7.38. The van der Waals surface area contributed by atoms with E-state index in [1.807, 2.05) is 0 Å². The monoisotopic (exact) mass is 194 g/mol. The molecule has 5 heteroatoms. The molecule has 1 aromatic carbocycles. The molecule has 0 saturated carbocycles. The highest BCUT2D eigenvalue weighted by Gasteiger charge is 2.06. The van der Waals surface area contributed by atoms with Crippen molar-refractivity contribution in [1.82, 2.24) is 9.55 Å². The molecule has 0 radical (unpaired) electrons. The molecule has 0 amide bonds. The van der Waals surface area contributed by atoms with Gasteiger partial charge in [-0.05, 0) is 0 Å². The number of aromatic hydroxyl groups is 2. The van der Waals surface area contributed by atoms with Crippen molar-refractivity contribution in [2.24, 2.45) is 0 Å². The predicted molar refractivity (Wildman–Crippen MR) is 50.1 cm³/mol. The number of aliphatic hydroxyl groups is 1. The van der Waals surface area contributed by atoms with Crippen LogP contribution in [0.25, 0.3) is 11.0 Å². The number of aliphatic hydroxyl groups excluding tert-OH is 1. The normalized spacial score (nSPS) is 10.9. The van der Waals surface area contributed by atoms with Crippen LogP contribution in [0.3, 0.4) is 0 Å². The van der Waals surface area contributed by atoms with Gasteiger partial charge in [-0.15, -0.1) is 0 Å². The highest BCUT2D eigenvalue weighted by Crippen LogP contribution is 2.29. The SMILES string of the molecule is OCCn1cnc2cc(O)c(O)cc21. The first-order valence-corrected chi connectivity index (χ1v) is 4.20. The first-order valence-electron chi connectivity index (χ1n) is 4.20. The van der Waals surface area contributed by atoms with Crippen molar-refractivity contribution in [2.45, 2.75) is 6.54 Å². The van der Waals surface area contributed by atoms with Gasteiger partial charge in [0.2, 0.25) is 0 Å². The number of aromatic nitrogens is 2. The minimum absolute atomic E-state index is 0.00704. The fourth-order valence-electron chi connectivity index (χ4n) is 1.37. The van der Waals surface area contributed by atoms with Gasteiger partial charge in [0, 0.05) is 18.7 Å². The first kappa shape index (κ1) is 8.83. The molecule has 3 N–H and O–H groups in total. The summed E-state index contributed by atoms with van der Waals surface area (Å²) in [5, 5.41) is 27.2. The molecule has 14 heavy (non-hydrogen) atoms. The molecule has 74 valence electrons. The third-order valence-corrected chi connectivity index (χ3v) is 2.06. The van der Waals surface area contributed by atoms with E-state index in [2.05, 4.69) is 4.98 Å².